The van der Waals surface area contributed by atoms with Crippen molar-refractivity contribution in [2.45, 2.75) is 22.3 Å². The molecule has 0 aliphatic carbocycles. The van der Waals surface area contributed by atoms with Gasteiger partial charge < -0.3 is 14.5 Å². The molecule has 0 aromatic heterocycles. The van der Waals surface area contributed by atoms with Gasteiger partial charge in [-0.25, -0.2) is 4.79 Å². The maximum Gasteiger partial charge on any atom is 0.319 e. The Balaban J connectivity index is 0.00000162. The van der Waals surface area contributed by atoms with Gasteiger partial charge >= 0.3 is 6.03 Å². The number of carbonyl (C=O) groups is 1. The average Bonchev–Trinajstić information content (AvgIpc) is 3.05. The number of amides is 2. The third-order valence-electron chi connectivity index (χ3n) is 7.02. The van der Waals surface area contributed by atoms with Crippen molar-refractivity contribution in [2.75, 3.05) is 66.5 Å². The van der Waals surface area contributed by atoms with Crippen molar-refractivity contribution in [3.8, 4) is 5.75 Å². The van der Waals surface area contributed by atoms with E-state index in [9.17, 15) is 4.79 Å². The molecule has 0 radical (unpaired) electrons. The Kier molecular flexibility index (Phi) is 9.41. The van der Waals surface area contributed by atoms with Crippen molar-refractivity contribution in [2.24, 2.45) is 0 Å². The highest BCUT2D eigenvalue weighted by atomic mass is 35.5. The van der Waals surface area contributed by atoms with E-state index in [1.165, 1.54) is 20.9 Å². The third-order valence-corrected chi connectivity index (χ3v) is 8.23. The van der Waals surface area contributed by atoms with Crippen LogP contribution in [0.3, 0.4) is 0 Å². The summed E-state index contributed by atoms with van der Waals surface area (Å²) < 4.78 is 5.58. The Hall–Kier alpha value is -1.64. The molecule has 0 bridgehead atoms. The number of methoxy groups -OCH3 is 1. The van der Waals surface area contributed by atoms with Crippen LogP contribution >= 0.6 is 36.6 Å². The number of benzene rings is 2. The quantitative estimate of drug-likeness (QED) is 0.583. The molecule has 2 fully saturated rings. The first-order valence-electron chi connectivity index (χ1n) is 11.5. The molecule has 34 heavy (non-hydrogen) atoms. The molecule has 0 spiro atoms. The molecule has 0 saturated carbocycles. The van der Waals surface area contributed by atoms with Crippen molar-refractivity contribution in [1.29, 1.82) is 0 Å². The minimum absolute atomic E-state index is 0. The van der Waals surface area contributed by atoms with Gasteiger partial charge in [0.1, 0.15) is 5.75 Å². The largest absolute Gasteiger partial charge is 0.497 e. The first kappa shape index (κ1) is 27.0. The molecular formula is C25H34Cl2N4O2S. The van der Waals surface area contributed by atoms with E-state index < -0.39 is 0 Å². The zero-order valence-corrected chi connectivity index (χ0v) is 22.3. The predicted molar refractivity (Wildman–Crippen MR) is 142 cm³/mol. The second-order valence-electron chi connectivity index (χ2n) is 8.90. The van der Waals surface area contributed by atoms with E-state index in [1.54, 1.807) is 7.11 Å². The first-order valence-corrected chi connectivity index (χ1v) is 12.3. The van der Waals surface area contributed by atoms with Crippen LogP contribution in [0.5, 0.6) is 5.75 Å². The standard InChI is InChI=1S/C25H32N4O2S.2ClH/c1-26-9-13-29(25(26)30)16-12-27-10-14-28(15-11-27)22-17-19-5-3-4-6-23(19)32-24-8-7-20(31-2)18-21(22)24;;/h3-8,18,22H,9-17H2,1-2H3;2*1H. The lowest BCUT2D eigenvalue weighted by atomic mass is 9.96. The van der Waals surface area contributed by atoms with Crippen LogP contribution in [0.15, 0.2) is 52.3 Å². The monoisotopic (exact) mass is 524 g/mol. The normalized spacial score (nSPS) is 20.6. The molecule has 6 nitrogen and oxygen atoms in total. The molecule has 9 heteroatoms. The van der Waals surface area contributed by atoms with E-state index in [4.69, 9.17) is 4.74 Å². The molecule has 1 atom stereocenters. The molecule has 2 aromatic carbocycles. The van der Waals surface area contributed by atoms with Gasteiger partial charge in [-0.2, -0.15) is 0 Å². The zero-order valence-electron chi connectivity index (χ0n) is 19.8. The molecule has 1 unspecified atom stereocenters. The number of hydrogen-bond acceptors (Lipinski definition) is 5. The van der Waals surface area contributed by atoms with Crippen LogP contribution < -0.4 is 4.74 Å². The summed E-state index contributed by atoms with van der Waals surface area (Å²) in [6, 6.07) is 15.9. The number of urea groups is 1. The van der Waals surface area contributed by atoms with Crippen LogP contribution in [0.2, 0.25) is 0 Å². The van der Waals surface area contributed by atoms with Gasteiger partial charge in [0, 0.05) is 75.2 Å². The van der Waals surface area contributed by atoms with Gasteiger partial charge in [0.15, 0.2) is 0 Å². The van der Waals surface area contributed by atoms with Crippen molar-refractivity contribution >= 4 is 42.6 Å². The highest BCUT2D eigenvalue weighted by molar-refractivity contribution is 7.99. The lowest BCUT2D eigenvalue weighted by Crippen LogP contribution is -2.50. The van der Waals surface area contributed by atoms with Crippen LogP contribution in [-0.4, -0.2) is 92.1 Å². The molecule has 0 N–H and O–H groups in total. The fourth-order valence-electron chi connectivity index (χ4n) is 5.01. The zero-order chi connectivity index (χ0) is 22.1. The van der Waals surface area contributed by atoms with E-state index in [-0.39, 0.29) is 30.8 Å². The van der Waals surface area contributed by atoms with Gasteiger partial charge in [0.05, 0.1) is 7.11 Å². The Morgan fingerprint density at radius 3 is 2.41 bits per heavy atom. The number of halogens is 2. The highest BCUT2D eigenvalue weighted by Crippen LogP contribution is 2.44. The average molecular weight is 526 g/mol. The fraction of sp³-hybridized carbons (Fsp3) is 0.480. The second-order valence-corrected chi connectivity index (χ2v) is 9.99. The van der Waals surface area contributed by atoms with Crippen molar-refractivity contribution in [3.63, 3.8) is 0 Å². The summed E-state index contributed by atoms with van der Waals surface area (Å²) in [6.45, 7) is 7.66. The first-order chi connectivity index (χ1) is 15.6. The van der Waals surface area contributed by atoms with Gasteiger partial charge in [0.2, 0.25) is 0 Å². The SMILES string of the molecule is COc1ccc2c(c1)C(N1CCN(CCN3CCN(C)C3=O)CC1)Cc1ccccc1S2.Cl.Cl. The van der Waals surface area contributed by atoms with Gasteiger partial charge in [-0.05, 0) is 41.8 Å². The molecule has 3 heterocycles. The van der Waals surface area contributed by atoms with E-state index in [2.05, 4.69) is 52.3 Å². The van der Waals surface area contributed by atoms with Gasteiger partial charge in [0.25, 0.3) is 0 Å². The molecular weight excluding hydrogens is 491 g/mol. The molecule has 3 aliphatic rings. The lowest BCUT2D eigenvalue weighted by molar-refractivity contribution is 0.0897. The topological polar surface area (TPSA) is 39.3 Å². The lowest BCUT2D eigenvalue weighted by Gasteiger charge is -2.40. The molecule has 2 saturated heterocycles. The summed E-state index contributed by atoms with van der Waals surface area (Å²) >= 11 is 1.88. The number of hydrogen-bond donors (Lipinski definition) is 0. The van der Waals surface area contributed by atoms with Gasteiger partial charge in [-0.3, -0.25) is 9.80 Å². The maximum atomic E-state index is 12.2. The van der Waals surface area contributed by atoms with E-state index in [1.807, 2.05) is 28.6 Å². The minimum atomic E-state index is 0. The summed E-state index contributed by atoms with van der Waals surface area (Å²) in [5.41, 5.74) is 2.81. The van der Waals surface area contributed by atoms with Crippen LogP contribution in [0.1, 0.15) is 17.2 Å². The number of likely N-dealkylation sites (N-methyl/N-ethyl adjacent to an activating group) is 1. The highest BCUT2D eigenvalue weighted by Gasteiger charge is 2.31. The van der Waals surface area contributed by atoms with E-state index in [0.29, 0.717) is 6.04 Å². The van der Waals surface area contributed by atoms with Crippen molar-refractivity contribution < 1.29 is 9.53 Å². The van der Waals surface area contributed by atoms with Crippen LogP contribution in [0.4, 0.5) is 4.79 Å². The van der Waals surface area contributed by atoms with Gasteiger partial charge in [-0.15, -0.1) is 24.8 Å². The Bertz CT molecular complexity index is 987. The van der Waals surface area contributed by atoms with E-state index >= 15 is 0 Å². The summed E-state index contributed by atoms with van der Waals surface area (Å²) in [4.78, 5) is 23.8. The summed E-state index contributed by atoms with van der Waals surface area (Å²) in [5.74, 6) is 0.930. The Labute approximate surface area is 219 Å². The maximum absolute atomic E-state index is 12.2. The number of piperazine rings is 1. The number of rotatable bonds is 5. The molecule has 2 aromatic rings. The molecule has 5 rings (SSSR count). The summed E-state index contributed by atoms with van der Waals surface area (Å²) in [5, 5.41) is 0. The second kappa shape index (κ2) is 11.9. The molecule has 186 valence electrons. The smallest absolute Gasteiger partial charge is 0.319 e. The Morgan fingerprint density at radius 2 is 1.71 bits per heavy atom. The third kappa shape index (κ3) is 5.60. The molecule has 3 aliphatic heterocycles. The summed E-state index contributed by atoms with van der Waals surface area (Å²) in [6.07, 6.45) is 1.03. The fourth-order valence-corrected chi connectivity index (χ4v) is 6.13. The van der Waals surface area contributed by atoms with E-state index in [0.717, 1.165) is 64.5 Å². The number of fused-ring (bicyclic) bond motifs is 2. The van der Waals surface area contributed by atoms with Crippen LogP contribution in [0.25, 0.3) is 0 Å². The Morgan fingerprint density at radius 1 is 0.941 bits per heavy atom. The van der Waals surface area contributed by atoms with Crippen LogP contribution in [-0.2, 0) is 6.42 Å². The van der Waals surface area contributed by atoms with Crippen molar-refractivity contribution in [1.82, 2.24) is 19.6 Å². The number of carbonyl (C=O) groups excluding carboxylic acids is 1. The van der Waals surface area contributed by atoms with Crippen molar-refractivity contribution in [3.05, 3.63) is 53.6 Å². The van der Waals surface area contributed by atoms with Crippen LogP contribution in [0, 0.1) is 0 Å². The predicted octanol–water partition coefficient (Wildman–Crippen LogP) is 4.27. The summed E-state index contributed by atoms with van der Waals surface area (Å²) in [7, 11) is 3.63. The molecule has 2 amide bonds. The number of ether oxygens (including phenoxy) is 1. The van der Waals surface area contributed by atoms with Gasteiger partial charge in [-0.1, -0.05) is 30.0 Å². The number of nitrogens with zero attached hydrogens (tertiary/aromatic N) is 4. The minimum Gasteiger partial charge on any atom is -0.497 e.